The molecule has 176 valence electrons. The average molecular weight is 457 g/mol. The molecule has 0 saturated heterocycles. The molecule has 0 fully saturated rings. The molecule has 0 radical (unpaired) electrons. The van der Waals surface area contributed by atoms with Gasteiger partial charge in [-0.25, -0.2) is 5.84 Å². The third-order valence-corrected chi connectivity index (χ3v) is 4.38. The zero-order valence-electron chi connectivity index (χ0n) is 18.3. The standard InChI is InChI=1S/C22H27N5O6/c1-3-4-13-24-19(28)18(20(29)27-23)33-15-11-9-14(10-12-15)25-21(30)22(31)26-16-7-5-6-8-17(16)32-2/h5-12,18H,3-4,13,23H2,1-2H3,(H,24,28)(H,25,30)(H,26,31)(H,27,29). The van der Waals surface area contributed by atoms with E-state index in [9.17, 15) is 19.2 Å². The SMILES string of the molecule is CCCCNC(=O)C(Oc1ccc(NC(=O)C(=O)Nc2ccccc2OC)cc1)C(=O)NN. The molecule has 1 atom stereocenters. The van der Waals surface area contributed by atoms with E-state index in [1.165, 1.54) is 31.4 Å². The number of carbonyl (C=O) groups excluding carboxylic acids is 4. The highest BCUT2D eigenvalue weighted by Crippen LogP contribution is 2.23. The van der Waals surface area contributed by atoms with Gasteiger partial charge in [0.25, 0.3) is 17.9 Å². The third-order valence-electron chi connectivity index (χ3n) is 4.38. The summed E-state index contributed by atoms with van der Waals surface area (Å²) in [5, 5.41) is 7.52. The van der Waals surface area contributed by atoms with Crippen LogP contribution in [0.15, 0.2) is 48.5 Å². The van der Waals surface area contributed by atoms with E-state index in [0.29, 0.717) is 23.7 Å². The Bertz CT molecular complexity index is 979. The number of hydrogen-bond acceptors (Lipinski definition) is 7. The number of hydrazine groups is 1. The lowest BCUT2D eigenvalue weighted by atomic mass is 10.2. The van der Waals surface area contributed by atoms with Crippen LogP contribution in [0.2, 0.25) is 0 Å². The van der Waals surface area contributed by atoms with Gasteiger partial charge in [-0.2, -0.15) is 0 Å². The number of rotatable bonds is 10. The maximum atomic E-state index is 12.2. The topological polar surface area (TPSA) is 161 Å². The Balaban J connectivity index is 1.98. The van der Waals surface area contributed by atoms with E-state index < -0.39 is 29.7 Å². The van der Waals surface area contributed by atoms with Gasteiger partial charge in [-0.3, -0.25) is 24.6 Å². The third kappa shape index (κ3) is 7.51. The second-order valence-corrected chi connectivity index (χ2v) is 6.78. The van der Waals surface area contributed by atoms with E-state index in [4.69, 9.17) is 15.3 Å². The number of carbonyl (C=O) groups is 4. The first-order valence-corrected chi connectivity index (χ1v) is 10.2. The molecule has 0 saturated carbocycles. The van der Waals surface area contributed by atoms with Crippen molar-refractivity contribution < 1.29 is 28.7 Å². The molecule has 11 heteroatoms. The van der Waals surface area contributed by atoms with Crippen LogP contribution < -0.4 is 36.7 Å². The van der Waals surface area contributed by atoms with Gasteiger partial charge < -0.3 is 25.4 Å². The van der Waals surface area contributed by atoms with E-state index in [-0.39, 0.29) is 5.75 Å². The molecule has 2 aromatic carbocycles. The summed E-state index contributed by atoms with van der Waals surface area (Å²) in [5.74, 6) is 2.52. The molecule has 6 N–H and O–H groups in total. The van der Waals surface area contributed by atoms with E-state index in [0.717, 1.165) is 12.8 Å². The Labute approximate surface area is 191 Å². The number of methoxy groups -OCH3 is 1. The summed E-state index contributed by atoms with van der Waals surface area (Å²) in [7, 11) is 1.45. The van der Waals surface area contributed by atoms with Crippen molar-refractivity contribution in [1.82, 2.24) is 10.7 Å². The Morgan fingerprint density at radius 3 is 2.24 bits per heavy atom. The number of nitrogens with two attached hydrogens (primary N) is 1. The van der Waals surface area contributed by atoms with Gasteiger partial charge in [-0.15, -0.1) is 0 Å². The molecule has 33 heavy (non-hydrogen) atoms. The minimum Gasteiger partial charge on any atom is -0.495 e. The zero-order chi connectivity index (χ0) is 24.2. The molecule has 2 rings (SSSR count). The number of anilines is 2. The Hall–Kier alpha value is -4.12. The first kappa shape index (κ1) is 25.1. The lowest BCUT2D eigenvalue weighted by Gasteiger charge is -2.17. The van der Waals surface area contributed by atoms with Gasteiger partial charge in [0.05, 0.1) is 12.8 Å². The fourth-order valence-corrected chi connectivity index (χ4v) is 2.65. The summed E-state index contributed by atoms with van der Waals surface area (Å²) in [4.78, 5) is 48.6. The molecular formula is C22H27N5O6. The minimum absolute atomic E-state index is 0.186. The van der Waals surface area contributed by atoms with Gasteiger partial charge in [0.2, 0.25) is 0 Å². The monoisotopic (exact) mass is 457 g/mol. The fraction of sp³-hybridized carbons (Fsp3) is 0.273. The van der Waals surface area contributed by atoms with Crippen molar-refractivity contribution in [1.29, 1.82) is 0 Å². The van der Waals surface area contributed by atoms with Crippen LogP contribution in [-0.4, -0.2) is 43.4 Å². The van der Waals surface area contributed by atoms with Crippen molar-refractivity contribution >= 4 is 35.0 Å². The second kappa shape index (κ2) is 12.7. The Morgan fingerprint density at radius 1 is 0.939 bits per heavy atom. The highest BCUT2D eigenvalue weighted by atomic mass is 16.5. The molecule has 0 spiro atoms. The van der Waals surface area contributed by atoms with Gasteiger partial charge in [0.1, 0.15) is 11.5 Å². The first-order valence-electron chi connectivity index (χ1n) is 10.2. The average Bonchev–Trinajstić information content (AvgIpc) is 2.83. The van der Waals surface area contributed by atoms with E-state index in [2.05, 4.69) is 16.0 Å². The second-order valence-electron chi connectivity index (χ2n) is 6.78. The van der Waals surface area contributed by atoms with Crippen molar-refractivity contribution in [2.45, 2.75) is 25.9 Å². The lowest BCUT2D eigenvalue weighted by Crippen LogP contribution is -2.51. The van der Waals surface area contributed by atoms with Crippen LogP contribution in [0.3, 0.4) is 0 Å². The summed E-state index contributed by atoms with van der Waals surface area (Å²) in [6.45, 7) is 2.37. The zero-order valence-corrected chi connectivity index (χ0v) is 18.3. The number of amides is 4. The largest absolute Gasteiger partial charge is 0.495 e. The molecular weight excluding hydrogens is 430 g/mol. The van der Waals surface area contributed by atoms with Gasteiger partial charge in [0.15, 0.2) is 0 Å². The summed E-state index contributed by atoms with van der Waals surface area (Å²) in [5.41, 5.74) is 2.55. The van der Waals surface area contributed by atoms with Crippen molar-refractivity contribution in [3.63, 3.8) is 0 Å². The van der Waals surface area contributed by atoms with Crippen molar-refractivity contribution in [2.24, 2.45) is 5.84 Å². The number of ether oxygens (including phenoxy) is 2. The summed E-state index contributed by atoms with van der Waals surface area (Å²) >= 11 is 0. The highest BCUT2D eigenvalue weighted by Gasteiger charge is 2.28. The van der Waals surface area contributed by atoms with Crippen LogP contribution in [0.25, 0.3) is 0 Å². The van der Waals surface area contributed by atoms with Crippen molar-refractivity contribution in [3.05, 3.63) is 48.5 Å². The molecule has 0 aliphatic heterocycles. The number of hydrogen-bond donors (Lipinski definition) is 5. The molecule has 0 heterocycles. The van der Waals surface area contributed by atoms with Gasteiger partial charge in [0, 0.05) is 12.2 Å². The predicted octanol–water partition coefficient (Wildman–Crippen LogP) is 0.926. The normalized spacial score (nSPS) is 11.0. The molecule has 4 amide bonds. The first-order chi connectivity index (χ1) is 15.9. The van der Waals surface area contributed by atoms with Crippen molar-refractivity contribution in [3.8, 4) is 11.5 Å². The van der Waals surface area contributed by atoms with Crippen LogP contribution in [0.4, 0.5) is 11.4 Å². The number of benzene rings is 2. The maximum absolute atomic E-state index is 12.2. The molecule has 1 unspecified atom stereocenters. The predicted molar refractivity (Wildman–Crippen MR) is 121 cm³/mol. The smallest absolute Gasteiger partial charge is 0.314 e. The van der Waals surface area contributed by atoms with Crippen LogP contribution in [0, 0.1) is 0 Å². The molecule has 0 aliphatic rings. The fourth-order valence-electron chi connectivity index (χ4n) is 2.65. The van der Waals surface area contributed by atoms with Crippen LogP contribution in [-0.2, 0) is 19.2 Å². The number of nitrogens with one attached hydrogen (secondary N) is 4. The summed E-state index contributed by atoms with van der Waals surface area (Å²) in [6, 6.07) is 12.4. The van der Waals surface area contributed by atoms with E-state index in [1.807, 2.05) is 12.3 Å². The minimum atomic E-state index is -1.49. The quantitative estimate of drug-likeness (QED) is 0.0885. The van der Waals surface area contributed by atoms with Gasteiger partial charge >= 0.3 is 11.8 Å². The molecule has 0 aliphatic carbocycles. The Kier molecular flexibility index (Phi) is 9.65. The van der Waals surface area contributed by atoms with E-state index >= 15 is 0 Å². The Morgan fingerprint density at radius 2 is 1.61 bits per heavy atom. The molecule has 11 nitrogen and oxygen atoms in total. The summed E-state index contributed by atoms with van der Waals surface area (Å²) in [6.07, 6.45) is 0.139. The molecule has 0 aromatic heterocycles. The summed E-state index contributed by atoms with van der Waals surface area (Å²) < 4.78 is 10.6. The van der Waals surface area contributed by atoms with Crippen molar-refractivity contribution in [2.75, 3.05) is 24.3 Å². The van der Waals surface area contributed by atoms with Crippen LogP contribution >= 0.6 is 0 Å². The van der Waals surface area contributed by atoms with Crippen LogP contribution in [0.1, 0.15) is 19.8 Å². The van der Waals surface area contributed by atoms with E-state index in [1.54, 1.807) is 24.3 Å². The highest BCUT2D eigenvalue weighted by molar-refractivity contribution is 6.43. The van der Waals surface area contributed by atoms with Crippen LogP contribution in [0.5, 0.6) is 11.5 Å². The number of unbranched alkanes of at least 4 members (excludes halogenated alkanes) is 1. The molecule has 2 aromatic rings. The van der Waals surface area contributed by atoms with Gasteiger partial charge in [-0.05, 0) is 42.8 Å². The lowest BCUT2D eigenvalue weighted by molar-refractivity contribution is -0.139. The van der Waals surface area contributed by atoms with Gasteiger partial charge in [-0.1, -0.05) is 25.5 Å². The number of para-hydroxylation sites is 2. The maximum Gasteiger partial charge on any atom is 0.314 e. The molecule has 0 bridgehead atoms.